The van der Waals surface area contributed by atoms with E-state index in [2.05, 4.69) is 10.6 Å². The molecule has 0 saturated carbocycles. The van der Waals surface area contributed by atoms with Crippen LogP contribution in [-0.4, -0.2) is 48.5 Å². The summed E-state index contributed by atoms with van der Waals surface area (Å²) in [5.41, 5.74) is 1.28. The second-order valence-corrected chi connectivity index (χ2v) is 9.47. The van der Waals surface area contributed by atoms with Crippen LogP contribution in [0.2, 0.25) is 0 Å². The average molecular weight is 437 g/mol. The number of nitrogens with one attached hydrogen (secondary N) is 2. The first-order chi connectivity index (χ1) is 12.5. The van der Waals surface area contributed by atoms with Gasteiger partial charge in [-0.2, -0.15) is 0 Å². The Morgan fingerprint density at radius 3 is 2.38 bits per heavy atom. The Hall–Kier alpha value is -2.28. The fourth-order valence-electron chi connectivity index (χ4n) is 2.03. The second kappa shape index (κ2) is 10.0. The first kappa shape index (κ1) is 20.0. The minimum absolute atomic E-state index is 0.170. The van der Waals surface area contributed by atoms with Crippen molar-refractivity contribution in [1.82, 2.24) is 5.32 Å². The van der Waals surface area contributed by atoms with Crippen LogP contribution in [0.15, 0.2) is 54.6 Å². The number of carboxylic acid groups (broad SMARTS) is 1. The fraction of sp³-hybridized carbons (Fsp3) is 0.167. The number of benzene rings is 2. The molecule has 0 saturated heterocycles. The van der Waals surface area contributed by atoms with Crippen molar-refractivity contribution in [2.75, 3.05) is 11.1 Å². The summed E-state index contributed by atoms with van der Waals surface area (Å²) in [6.45, 7) is 1.29. The first-order valence-corrected chi connectivity index (χ1v) is 11.6. The van der Waals surface area contributed by atoms with Crippen LogP contribution < -0.4 is 15.1 Å². The second-order valence-electron chi connectivity index (χ2n) is 5.28. The molecule has 3 N–H and O–H groups in total. The van der Waals surface area contributed by atoms with Gasteiger partial charge in [-0.25, -0.2) is 0 Å². The van der Waals surface area contributed by atoms with Crippen LogP contribution >= 0.6 is 10.2 Å². The molecular weight excluding hydrogens is 419 g/mol. The summed E-state index contributed by atoms with van der Waals surface area (Å²) in [4.78, 5) is 34.8. The Morgan fingerprint density at radius 1 is 1.08 bits per heavy atom. The molecule has 0 spiro atoms. The van der Waals surface area contributed by atoms with Gasteiger partial charge in [-0.1, -0.05) is 0 Å². The number of carboxylic acids is 1. The molecule has 8 heteroatoms. The van der Waals surface area contributed by atoms with Crippen LogP contribution in [0.5, 0.6) is 0 Å². The number of anilines is 1. The zero-order chi connectivity index (χ0) is 18.9. The van der Waals surface area contributed by atoms with E-state index < -0.39 is 12.0 Å². The Labute approximate surface area is 161 Å². The molecule has 0 aliphatic heterocycles. The van der Waals surface area contributed by atoms with Crippen molar-refractivity contribution in [2.45, 2.75) is 13.0 Å². The number of rotatable bonds is 8. The quantitative estimate of drug-likeness (QED) is 0.545. The Morgan fingerprint density at radius 2 is 1.73 bits per heavy atom. The summed E-state index contributed by atoms with van der Waals surface area (Å²) >= 11 is -0.170. The van der Waals surface area contributed by atoms with Gasteiger partial charge in [0.25, 0.3) is 0 Å². The maximum absolute atomic E-state index is 12.5. The zero-order valence-electron chi connectivity index (χ0n) is 14.0. The van der Waals surface area contributed by atoms with E-state index in [1.165, 1.54) is 17.1 Å². The van der Waals surface area contributed by atoms with Crippen LogP contribution in [0.3, 0.4) is 0 Å². The first-order valence-electron chi connectivity index (χ1n) is 7.72. The third-order valence-electron chi connectivity index (χ3n) is 3.22. The van der Waals surface area contributed by atoms with Gasteiger partial charge in [-0.3, -0.25) is 0 Å². The van der Waals surface area contributed by atoms with Crippen molar-refractivity contribution in [3.8, 4) is 0 Å². The Kier molecular flexibility index (Phi) is 7.71. The molecule has 136 valence electrons. The third kappa shape index (κ3) is 6.22. The van der Waals surface area contributed by atoms with Gasteiger partial charge in [0, 0.05) is 0 Å². The topological polar surface area (TPSA) is 95.5 Å². The average Bonchev–Trinajstić information content (AvgIpc) is 2.61. The molecule has 0 radical (unpaired) electrons. The molecular formula is C18H18N2O4SSe. The van der Waals surface area contributed by atoms with Crippen molar-refractivity contribution in [2.24, 2.45) is 0 Å². The van der Waals surface area contributed by atoms with Gasteiger partial charge < -0.3 is 0 Å². The van der Waals surface area contributed by atoms with Crippen molar-refractivity contribution in [3.63, 3.8) is 0 Å². The molecule has 2 aromatic carbocycles. The monoisotopic (exact) mass is 438 g/mol. The number of amides is 2. The van der Waals surface area contributed by atoms with Gasteiger partial charge in [-0.15, -0.1) is 0 Å². The summed E-state index contributed by atoms with van der Waals surface area (Å²) in [5.74, 6) is -1.42. The predicted molar refractivity (Wildman–Crippen MR) is 104 cm³/mol. The summed E-state index contributed by atoms with van der Waals surface area (Å²) in [5, 5.41) is 14.4. The molecule has 2 rings (SSSR count). The van der Waals surface area contributed by atoms with Crippen molar-refractivity contribution < 1.29 is 19.5 Å². The summed E-state index contributed by atoms with van der Waals surface area (Å²) in [7, 11) is 1.41. The van der Waals surface area contributed by atoms with Gasteiger partial charge in [0.05, 0.1) is 0 Å². The number of para-hydroxylation sites is 1. The van der Waals surface area contributed by atoms with Gasteiger partial charge in [-0.05, 0) is 0 Å². The van der Waals surface area contributed by atoms with E-state index in [0.29, 0.717) is 11.3 Å². The van der Waals surface area contributed by atoms with Crippen LogP contribution in [0, 0.1) is 0 Å². The predicted octanol–water partition coefficient (Wildman–Crippen LogP) is 1.51. The molecule has 2 amide bonds. The molecule has 0 fully saturated rings. The molecule has 0 aromatic heterocycles. The van der Waals surface area contributed by atoms with Crippen LogP contribution in [0.25, 0.3) is 0 Å². The summed E-state index contributed by atoms with van der Waals surface area (Å²) in [6.07, 6.45) is 0. The SMILES string of the molecule is CC(=O)NC(CS[Se]c1ccccc1C(=O)Nc1ccccc1)C(=O)O. The normalized spacial score (nSPS) is 11.4. The van der Waals surface area contributed by atoms with Crippen molar-refractivity contribution in [3.05, 3.63) is 60.2 Å². The zero-order valence-corrected chi connectivity index (χ0v) is 16.5. The van der Waals surface area contributed by atoms with Crippen LogP contribution in [-0.2, 0) is 9.59 Å². The number of carbonyl (C=O) groups excluding carboxylic acids is 2. The van der Waals surface area contributed by atoms with E-state index in [4.69, 9.17) is 5.11 Å². The summed E-state index contributed by atoms with van der Waals surface area (Å²) in [6, 6.07) is 15.5. The number of carbonyl (C=O) groups is 3. The van der Waals surface area contributed by atoms with Gasteiger partial charge in [0.1, 0.15) is 0 Å². The number of hydrogen-bond donors (Lipinski definition) is 3. The molecule has 1 atom stereocenters. The van der Waals surface area contributed by atoms with E-state index >= 15 is 0 Å². The van der Waals surface area contributed by atoms with Crippen LogP contribution in [0.1, 0.15) is 17.3 Å². The molecule has 1 unspecified atom stereocenters. The molecule has 0 aliphatic rings. The molecule has 6 nitrogen and oxygen atoms in total. The Balaban J connectivity index is 2.01. The molecule has 26 heavy (non-hydrogen) atoms. The minimum atomic E-state index is -1.07. The number of hydrogen-bond acceptors (Lipinski definition) is 4. The van der Waals surface area contributed by atoms with E-state index in [9.17, 15) is 14.4 Å². The fourth-order valence-corrected chi connectivity index (χ4v) is 6.24. The molecule has 2 aromatic rings. The van der Waals surface area contributed by atoms with Crippen molar-refractivity contribution in [1.29, 1.82) is 0 Å². The van der Waals surface area contributed by atoms with Gasteiger partial charge in [0.2, 0.25) is 0 Å². The van der Waals surface area contributed by atoms with E-state index in [1.807, 2.05) is 42.5 Å². The Bertz CT molecular complexity index is 786. The van der Waals surface area contributed by atoms with Gasteiger partial charge in [0.15, 0.2) is 0 Å². The maximum atomic E-state index is 12.5. The van der Waals surface area contributed by atoms with E-state index in [1.54, 1.807) is 12.1 Å². The van der Waals surface area contributed by atoms with Crippen molar-refractivity contribution >= 4 is 51.9 Å². The van der Waals surface area contributed by atoms with Gasteiger partial charge >= 0.3 is 161 Å². The standard InChI is InChI=1S/C18H18N2O4SSe/c1-12(21)19-15(18(23)24)11-25-26-16-10-6-5-9-14(16)17(22)20-13-7-3-2-4-8-13/h2-10,15H,11H2,1H3,(H,19,21)(H,20,22)(H,23,24). The molecule has 0 bridgehead atoms. The van der Waals surface area contributed by atoms with Crippen LogP contribution in [0.4, 0.5) is 5.69 Å². The van der Waals surface area contributed by atoms with E-state index in [-0.39, 0.29) is 31.4 Å². The number of aliphatic carboxylic acids is 1. The third-order valence-corrected chi connectivity index (χ3v) is 7.46. The van der Waals surface area contributed by atoms with E-state index in [0.717, 1.165) is 4.46 Å². The molecule has 0 heterocycles. The molecule has 0 aliphatic carbocycles. The summed E-state index contributed by atoms with van der Waals surface area (Å²) < 4.78 is 0.866.